The van der Waals surface area contributed by atoms with E-state index in [4.69, 9.17) is 5.73 Å². The number of nitro benzene ring substituents is 1. The summed E-state index contributed by atoms with van der Waals surface area (Å²) in [7, 11) is 0. The molecule has 10 heteroatoms. The lowest BCUT2D eigenvalue weighted by atomic mass is 10.1. The van der Waals surface area contributed by atoms with Gasteiger partial charge in [0.05, 0.1) is 22.9 Å². The highest BCUT2D eigenvalue weighted by Crippen LogP contribution is 2.22. The minimum Gasteiger partial charge on any atom is -0.399 e. The molecule has 156 valence electrons. The Kier molecular flexibility index (Phi) is 5.67. The molecular formula is C20H23N7O3. The fraction of sp³-hybridized carbons (Fsp3) is 0.250. The van der Waals surface area contributed by atoms with Crippen LogP contribution in [0.1, 0.15) is 47.2 Å². The fourth-order valence-corrected chi connectivity index (χ4v) is 3.25. The SMILES string of the molecule is Cc1cc(/C=N\NC(=O)c2cc(N)cc([N+](=O)[O-])c2)c(C)n1-c1ccnn1C(C)C. The molecule has 0 fully saturated rings. The minimum absolute atomic E-state index is 0.0603. The van der Waals surface area contributed by atoms with E-state index in [9.17, 15) is 14.9 Å². The number of amides is 1. The van der Waals surface area contributed by atoms with Gasteiger partial charge in [0.2, 0.25) is 0 Å². The second-order valence-electron chi connectivity index (χ2n) is 7.16. The number of non-ortho nitro benzene ring substituents is 1. The van der Waals surface area contributed by atoms with Crippen molar-refractivity contribution in [3.05, 3.63) is 69.2 Å². The molecule has 0 unspecified atom stereocenters. The first kappa shape index (κ1) is 20.8. The Labute approximate surface area is 173 Å². The third-order valence-electron chi connectivity index (χ3n) is 4.62. The summed E-state index contributed by atoms with van der Waals surface area (Å²) in [5.74, 6) is 0.351. The van der Waals surface area contributed by atoms with E-state index in [2.05, 4.69) is 34.0 Å². The van der Waals surface area contributed by atoms with Gasteiger partial charge in [-0.3, -0.25) is 14.9 Å². The minimum atomic E-state index is -0.604. The van der Waals surface area contributed by atoms with Crippen LogP contribution in [0.4, 0.5) is 11.4 Å². The van der Waals surface area contributed by atoms with Crippen LogP contribution in [-0.2, 0) is 0 Å². The predicted molar refractivity (Wildman–Crippen MR) is 114 cm³/mol. The summed E-state index contributed by atoms with van der Waals surface area (Å²) in [5.41, 5.74) is 10.7. The van der Waals surface area contributed by atoms with E-state index in [-0.39, 0.29) is 23.0 Å². The Morgan fingerprint density at radius 1 is 1.30 bits per heavy atom. The maximum atomic E-state index is 12.3. The highest BCUT2D eigenvalue weighted by Gasteiger charge is 2.15. The standard InChI is InChI=1S/C20H23N7O3/c1-12(2)26-19(5-6-23-26)25-13(3)7-16(14(25)4)11-22-24-20(28)15-8-17(21)10-18(9-15)27(29)30/h5-12H,21H2,1-4H3,(H,24,28)/b22-11-. The molecule has 1 aromatic carbocycles. The lowest BCUT2D eigenvalue weighted by Crippen LogP contribution is -2.18. The first-order valence-corrected chi connectivity index (χ1v) is 9.30. The molecule has 0 aliphatic heterocycles. The van der Waals surface area contributed by atoms with E-state index in [0.717, 1.165) is 28.8 Å². The van der Waals surface area contributed by atoms with Gasteiger partial charge in [0, 0.05) is 46.9 Å². The second-order valence-corrected chi connectivity index (χ2v) is 7.16. The average molecular weight is 409 g/mol. The third kappa shape index (κ3) is 4.07. The number of carbonyl (C=O) groups excluding carboxylic acids is 1. The van der Waals surface area contributed by atoms with E-state index in [1.165, 1.54) is 18.3 Å². The maximum Gasteiger partial charge on any atom is 0.272 e. The van der Waals surface area contributed by atoms with Crippen LogP contribution in [0.15, 0.2) is 41.6 Å². The van der Waals surface area contributed by atoms with Gasteiger partial charge >= 0.3 is 0 Å². The van der Waals surface area contributed by atoms with Gasteiger partial charge in [0.15, 0.2) is 0 Å². The van der Waals surface area contributed by atoms with Crippen LogP contribution in [-0.4, -0.2) is 31.4 Å². The Morgan fingerprint density at radius 2 is 2.03 bits per heavy atom. The number of hydrogen-bond donors (Lipinski definition) is 2. The van der Waals surface area contributed by atoms with E-state index in [1.807, 2.05) is 30.7 Å². The molecule has 2 aromatic heterocycles. The monoisotopic (exact) mass is 409 g/mol. The number of anilines is 1. The van der Waals surface area contributed by atoms with Crippen molar-refractivity contribution in [1.82, 2.24) is 19.8 Å². The summed E-state index contributed by atoms with van der Waals surface area (Å²) in [6, 6.07) is 7.80. The summed E-state index contributed by atoms with van der Waals surface area (Å²) in [5, 5.41) is 19.3. The van der Waals surface area contributed by atoms with Crippen LogP contribution in [0, 0.1) is 24.0 Å². The van der Waals surface area contributed by atoms with Crippen LogP contribution in [0.3, 0.4) is 0 Å². The van der Waals surface area contributed by atoms with Crippen LogP contribution < -0.4 is 11.2 Å². The molecule has 0 aliphatic rings. The van der Waals surface area contributed by atoms with Gasteiger partial charge in [0.25, 0.3) is 11.6 Å². The zero-order valence-corrected chi connectivity index (χ0v) is 17.2. The topological polar surface area (TPSA) is 133 Å². The summed E-state index contributed by atoms with van der Waals surface area (Å²) in [6.45, 7) is 8.05. The van der Waals surface area contributed by atoms with Crippen molar-refractivity contribution in [2.75, 3.05) is 5.73 Å². The number of nitrogen functional groups attached to an aromatic ring is 1. The molecule has 3 N–H and O–H groups in total. The predicted octanol–water partition coefficient (Wildman–Crippen LogP) is 3.13. The first-order chi connectivity index (χ1) is 14.2. The molecule has 1 amide bonds. The average Bonchev–Trinajstić information content (AvgIpc) is 3.25. The molecule has 10 nitrogen and oxygen atoms in total. The number of nitro groups is 1. The Hall–Kier alpha value is -3.95. The van der Waals surface area contributed by atoms with Gasteiger partial charge < -0.3 is 10.3 Å². The van der Waals surface area contributed by atoms with Crippen LogP contribution in [0.25, 0.3) is 5.82 Å². The van der Waals surface area contributed by atoms with Gasteiger partial charge in [-0.05, 0) is 39.8 Å². The number of benzene rings is 1. The van der Waals surface area contributed by atoms with Crippen molar-refractivity contribution >= 4 is 23.5 Å². The number of hydrazone groups is 1. The Balaban J connectivity index is 1.82. The van der Waals surface area contributed by atoms with E-state index in [0.29, 0.717) is 0 Å². The van der Waals surface area contributed by atoms with Gasteiger partial charge in [-0.15, -0.1) is 0 Å². The molecule has 0 saturated carbocycles. The molecule has 0 saturated heterocycles. The molecule has 3 aromatic rings. The fourth-order valence-electron chi connectivity index (χ4n) is 3.25. The van der Waals surface area contributed by atoms with Crippen LogP contribution >= 0.6 is 0 Å². The Morgan fingerprint density at radius 3 is 2.70 bits per heavy atom. The van der Waals surface area contributed by atoms with E-state index in [1.54, 1.807) is 6.20 Å². The smallest absolute Gasteiger partial charge is 0.272 e. The van der Waals surface area contributed by atoms with Gasteiger partial charge in [0.1, 0.15) is 5.82 Å². The van der Waals surface area contributed by atoms with Gasteiger partial charge in [-0.25, -0.2) is 10.1 Å². The number of hydrogen-bond acceptors (Lipinski definition) is 6. The number of aryl methyl sites for hydroxylation is 1. The van der Waals surface area contributed by atoms with Crippen molar-refractivity contribution in [3.8, 4) is 5.82 Å². The number of rotatable bonds is 6. The first-order valence-electron chi connectivity index (χ1n) is 9.30. The number of nitrogens with one attached hydrogen (secondary N) is 1. The summed E-state index contributed by atoms with van der Waals surface area (Å²) >= 11 is 0. The van der Waals surface area contributed by atoms with Crippen LogP contribution in [0.5, 0.6) is 0 Å². The largest absolute Gasteiger partial charge is 0.399 e. The van der Waals surface area contributed by atoms with E-state index >= 15 is 0 Å². The molecule has 30 heavy (non-hydrogen) atoms. The van der Waals surface area contributed by atoms with Crippen molar-refractivity contribution in [2.24, 2.45) is 5.10 Å². The zero-order valence-electron chi connectivity index (χ0n) is 17.2. The molecule has 0 radical (unpaired) electrons. The normalized spacial score (nSPS) is 11.4. The third-order valence-corrected chi connectivity index (χ3v) is 4.62. The van der Waals surface area contributed by atoms with Crippen LogP contribution in [0.2, 0.25) is 0 Å². The number of aromatic nitrogens is 3. The Bertz CT molecular complexity index is 1140. The molecule has 0 spiro atoms. The zero-order chi connectivity index (χ0) is 22.0. The van der Waals surface area contributed by atoms with Gasteiger partial charge in [-0.2, -0.15) is 10.2 Å². The quantitative estimate of drug-likeness (QED) is 0.279. The van der Waals surface area contributed by atoms with Gasteiger partial charge in [-0.1, -0.05) is 0 Å². The lowest BCUT2D eigenvalue weighted by Gasteiger charge is -2.14. The second kappa shape index (κ2) is 8.19. The van der Waals surface area contributed by atoms with Crippen molar-refractivity contribution in [3.63, 3.8) is 0 Å². The molecular weight excluding hydrogens is 386 g/mol. The van der Waals surface area contributed by atoms with Crippen molar-refractivity contribution in [1.29, 1.82) is 0 Å². The number of nitrogens with zero attached hydrogens (tertiary/aromatic N) is 5. The van der Waals surface area contributed by atoms with E-state index < -0.39 is 10.8 Å². The summed E-state index contributed by atoms with van der Waals surface area (Å²) in [6.07, 6.45) is 3.29. The lowest BCUT2D eigenvalue weighted by molar-refractivity contribution is -0.384. The maximum absolute atomic E-state index is 12.3. The van der Waals surface area contributed by atoms with Crippen molar-refractivity contribution < 1.29 is 9.72 Å². The summed E-state index contributed by atoms with van der Waals surface area (Å²) in [4.78, 5) is 22.6. The highest BCUT2D eigenvalue weighted by atomic mass is 16.6. The highest BCUT2D eigenvalue weighted by molar-refractivity contribution is 5.96. The molecule has 0 bridgehead atoms. The van der Waals surface area contributed by atoms with Crippen molar-refractivity contribution in [2.45, 2.75) is 33.7 Å². The molecule has 2 heterocycles. The number of carbonyl (C=O) groups is 1. The number of nitrogens with two attached hydrogens (primary N) is 1. The molecule has 0 atom stereocenters. The molecule has 3 rings (SSSR count). The molecule has 0 aliphatic carbocycles. The summed E-state index contributed by atoms with van der Waals surface area (Å²) < 4.78 is 3.99.